The first kappa shape index (κ1) is 30.5. The van der Waals surface area contributed by atoms with E-state index in [0.717, 1.165) is 15.4 Å². The summed E-state index contributed by atoms with van der Waals surface area (Å²) in [6.45, 7) is 7.03. The van der Waals surface area contributed by atoms with E-state index in [1.807, 2.05) is 52.0 Å². The Labute approximate surface area is 240 Å². The van der Waals surface area contributed by atoms with Gasteiger partial charge in [0.25, 0.3) is 10.0 Å². The fraction of sp³-hybridized carbons (Fsp3) is 0.310. The van der Waals surface area contributed by atoms with Gasteiger partial charge in [0.2, 0.25) is 11.8 Å². The molecule has 3 aromatic rings. The van der Waals surface area contributed by atoms with E-state index in [1.165, 1.54) is 35.2 Å². The van der Waals surface area contributed by atoms with Gasteiger partial charge in [0.05, 0.1) is 20.6 Å². The van der Waals surface area contributed by atoms with E-state index in [-0.39, 0.29) is 39.1 Å². The van der Waals surface area contributed by atoms with E-state index in [1.54, 1.807) is 18.2 Å². The molecule has 10 heteroatoms. The second-order valence-corrected chi connectivity index (χ2v) is 12.2. The molecular formula is C29H33Cl2N3O4S. The van der Waals surface area contributed by atoms with Crippen molar-refractivity contribution in [3.8, 4) is 0 Å². The normalized spacial score (nSPS) is 12.2. The average molecular weight is 591 g/mol. The number of halogens is 2. The van der Waals surface area contributed by atoms with Crippen molar-refractivity contribution >= 4 is 50.7 Å². The van der Waals surface area contributed by atoms with Crippen LogP contribution in [0.4, 0.5) is 5.69 Å². The molecule has 3 aromatic carbocycles. The minimum Gasteiger partial charge on any atom is -0.352 e. The predicted molar refractivity (Wildman–Crippen MR) is 157 cm³/mol. The van der Waals surface area contributed by atoms with Crippen molar-refractivity contribution in [2.75, 3.05) is 10.8 Å². The topological polar surface area (TPSA) is 86.8 Å². The second kappa shape index (κ2) is 13.3. The summed E-state index contributed by atoms with van der Waals surface area (Å²) in [5.41, 5.74) is 2.01. The van der Waals surface area contributed by atoms with Crippen LogP contribution in [0.5, 0.6) is 0 Å². The van der Waals surface area contributed by atoms with Crippen LogP contribution in [0.1, 0.15) is 38.3 Å². The van der Waals surface area contributed by atoms with Gasteiger partial charge in [-0.2, -0.15) is 0 Å². The van der Waals surface area contributed by atoms with Crippen LogP contribution >= 0.6 is 23.2 Å². The van der Waals surface area contributed by atoms with Gasteiger partial charge >= 0.3 is 0 Å². The lowest BCUT2D eigenvalue weighted by Crippen LogP contribution is -2.53. The first-order chi connectivity index (χ1) is 18.4. The van der Waals surface area contributed by atoms with Gasteiger partial charge in [-0.15, -0.1) is 0 Å². The summed E-state index contributed by atoms with van der Waals surface area (Å²) in [6.07, 6.45) is 0.342. The molecule has 2 amide bonds. The fourth-order valence-corrected chi connectivity index (χ4v) is 5.92. The van der Waals surface area contributed by atoms with Crippen molar-refractivity contribution < 1.29 is 18.0 Å². The molecule has 3 rings (SSSR count). The van der Waals surface area contributed by atoms with Gasteiger partial charge in [0.15, 0.2) is 0 Å². The van der Waals surface area contributed by atoms with E-state index >= 15 is 0 Å². The first-order valence-corrected chi connectivity index (χ1v) is 14.8. The summed E-state index contributed by atoms with van der Waals surface area (Å²) >= 11 is 12.3. The Bertz CT molecular complexity index is 1420. The van der Waals surface area contributed by atoms with Gasteiger partial charge in [-0.05, 0) is 63.1 Å². The number of carbonyl (C=O) groups excluding carboxylic acids is 2. The Morgan fingerprint density at radius 1 is 0.923 bits per heavy atom. The number of hydrogen-bond donors (Lipinski definition) is 1. The zero-order valence-electron chi connectivity index (χ0n) is 22.4. The van der Waals surface area contributed by atoms with Crippen LogP contribution < -0.4 is 9.62 Å². The summed E-state index contributed by atoms with van der Waals surface area (Å²) in [4.78, 5) is 28.6. The zero-order chi connectivity index (χ0) is 28.7. The Kier molecular flexibility index (Phi) is 10.4. The summed E-state index contributed by atoms with van der Waals surface area (Å²) in [5.74, 6) is -0.839. The summed E-state index contributed by atoms with van der Waals surface area (Å²) in [6, 6.07) is 18.9. The molecule has 0 spiro atoms. The Balaban J connectivity index is 2.08. The third kappa shape index (κ3) is 7.75. The molecule has 0 aliphatic carbocycles. The third-order valence-electron chi connectivity index (χ3n) is 6.05. The minimum atomic E-state index is -4.18. The molecule has 0 aliphatic rings. The molecule has 0 fully saturated rings. The molecule has 39 heavy (non-hydrogen) atoms. The van der Waals surface area contributed by atoms with Crippen LogP contribution in [0, 0.1) is 6.92 Å². The highest BCUT2D eigenvalue weighted by Crippen LogP contribution is 2.31. The number of nitrogens with zero attached hydrogens (tertiary/aromatic N) is 2. The number of hydrogen-bond acceptors (Lipinski definition) is 4. The molecule has 0 saturated heterocycles. The number of aryl methyl sites for hydroxylation is 1. The average Bonchev–Trinajstić information content (AvgIpc) is 2.88. The number of amides is 2. The van der Waals surface area contributed by atoms with Gasteiger partial charge in [0, 0.05) is 12.6 Å². The third-order valence-corrected chi connectivity index (χ3v) is 8.58. The van der Waals surface area contributed by atoms with Crippen LogP contribution in [0.2, 0.25) is 10.0 Å². The summed E-state index contributed by atoms with van der Waals surface area (Å²) in [5, 5.41) is 3.28. The summed E-state index contributed by atoms with van der Waals surface area (Å²) < 4.78 is 28.6. The Morgan fingerprint density at radius 3 is 2.21 bits per heavy atom. The molecule has 0 aliphatic heterocycles. The molecule has 0 radical (unpaired) electrons. The monoisotopic (exact) mass is 589 g/mol. The van der Waals surface area contributed by atoms with Crippen molar-refractivity contribution in [2.24, 2.45) is 0 Å². The quantitative estimate of drug-likeness (QED) is 0.305. The molecule has 208 valence electrons. The number of anilines is 1. The number of sulfonamides is 1. The fourth-order valence-electron chi connectivity index (χ4n) is 4.20. The lowest BCUT2D eigenvalue weighted by Gasteiger charge is -2.33. The van der Waals surface area contributed by atoms with E-state index in [0.29, 0.717) is 6.42 Å². The molecule has 0 aromatic heterocycles. The largest absolute Gasteiger partial charge is 0.352 e. The first-order valence-electron chi connectivity index (χ1n) is 12.6. The maximum atomic E-state index is 14.0. The number of rotatable bonds is 11. The maximum Gasteiger partial charge on any atom is 0.264 e. The highest BCUT2D eigenvalue weighted by molar-refractivity contribution is 7.92. The summed E-state index contributed by atoms with van der Waals surface area (Å²) in [7, 11) is -4.18. The molecule has 0 bridgehead atoms. The predicted octanol–water partition coefficient (Wildman–Crippen LogP) is 5.83. The van der Waals surface area contributed by atoms with Crippen LogP contribution in [0.3, 0.4) is 0 Å². The highest BCUT2D eigenvalue weighted by Gasteiger charge is 2.34. The van der Waals surface area contributed by atoms with E-state index in [4.69, 9.17) is 23.2 Å². The molecule has 0 saturated carbocycles. The van der Waals surface area contributed by atoms with Gasteiger partial charge in [0.1, 0.15) is 12.6 Å². The molecule has 1 N–H and O–H groups in total. The molecule has 7 nitrogen and oxygen atoms in total. The van der Waals surface area contributed by atoms with Gasteiger partial charge in [-0.25, -0.2) is 8.42 Å². The molecule has 0 heterocycles. The van der Waals surface area contributed by atoms with Crippen LogP contribution in [-0.4, -0.2) is 43.8 Å². The smallest absolute Gasteiger partial charge is 0.264 e. The number of carbonyl (C=O) groups is 2. The van der Waals surface area contributed by atoms with E-state index in [2.05, 4.69) is 5.32 Å². The van der Waals surface area contributed by atoms with E-state index < -0.39 is 28.5 Å². The van der Waals surface area contributed by atoms with Crippen molar-refractivity contribution in [3.05, 3.63) is 94.0 Å². The number of benzene rings is 3. The maximum absolute atomic E-state index is 14.0. The van der Waals surface area contributed by atoms with Crippen LogP contribution in [0.25, 0.3) is 0 Å². The van der Waals surface area contributed by atoms with Crippen molar-refractivity contribution in [1.82, 2.24) is 10.2 Å². The minimum absolute atomic E-state index is 0.0127. The molecular weight excluding hydrogens is 557 g/mol. The van der Waals surface area contributed by atoms with Crippen LogP contribution in [0.15, 0.2) is 77.7 Å². The van der Waals surface area contributed by atoms with Crippen molar-refractivity contribution in [3.63, 3.8) is 0 Å². The van der Waals surface area contributed by atoms with Crippen molar-refractivity contribution in [1.29, 1.82) is 0 Å². The van der Waals surface area contributed by atoms with Gasteiger partial charge in [-0.3, -0.25) is 13.9 Å². The zero-order valence-corrected chi connectivity index (χ0v) is 24.7. The standard InChI is InChI=1S/C29H33Cl2N3O4S/c1-5-27(29(36)32-20(2)3)33(18-22-11-9-10-21(4)16-22)28(35)19-34(23-14-15-25(30)26(31)17-23)39(37,38)24-12-7-6-8-13-24/h6-17,20,27H,5,18-19H2,1-4H3,(H,32,36)/t27-/m0/s1. The lowest BCUT2D eigenvalue weighted by molar-refractivity contribution is -0.140. The van der Waals surface area contributed by atoms with E-state index in [9.17, 15) is 18.0 Å². The van der Waals surface area contributed by atoms with Gasteiger partial charge < -0.3 is 10.2 Å². The molecule has 0 unspecified atom stereocenters. The SMILES string of the molecule is CC[C@@H](C(=O)NC(C)C)N(Cc1cccc(C)c1)C(=O)CN(c1ccc(Cl)c(Cl)c1)S(=O)(=O)c1ccccc1. The Morgan fingerprint density at radius 2 is 1.62 bits per heavy atom. The lowest BCUT2D eigenvalue weighted by atomic mass is 10.1. The Hall–Kier alpha value is -3.07. The van der Waals surface area contributed by atoms with Crippen LogP contribution in [-0.2, 0) is 26.2 Å². The van der Waals surface area contributed by atoms with Gasteiger partial charge in [-0.1, -0.05) is 78.2 Å². The van der Waals surface area contributed by atoms with Crippen molar-refractivity contribution in [2.45, 2.75) is 57.6 Å². The second-order valence-electron chi connectivity index (χ2n) is 9.52. The highest BCUT2D eigenvalue weighted by atomic mass is 35.5. The molecule has 1 atom stereocenters. The number of nitrogens with one attached hydrogen (secondary N) is 1.